The van der Waals surface area contributed by atoms with E-state index in [0.717, 1.165) is 95.4 Å². The van der Waals surface area contributed by atoms with E-state index in [1.54, 1.807) is 0 Å². The van der Waals surface area contributed by atoms with Crippen LogP contribution >= 0.6 is 0 Å². The fourth-order valence-electron chi connectivity index (χ4n) is 9.89. The molecule has 2 aliphatic heterocycles. The smallest absolute Gasteiger partial charge is 0.132 e. The van der Waals surface area contributed by atoms with E-state index in [1.807, 2.05) is 0 Å². The van der Waals surface area contributed by atoms with E-state index in [4.69, 9.17) is 9.47 Å². The molecule has 3 nitrogen and oxygen atoms in total. The first kappa shape index (κ1) is 32.6. The van der Waals surface area contributed by atoms with Crippen molar-refractivity contribution in [2.45, 2.75) is 5.41 Å². The van der Waals surface area contributed by atoms with E-state index in [9.17, 15) is 0 Å². The molecule has 0 aliphatic carbocycles. The molecule has 58 heavy (non-hydrogen) atoms. The van der Waals surface area contributed by atoms with Gasteiger partial charge in [-0.25, -0.2) is 0 Å². The molecule has 0 N–H and O–H groups in total. The van der Waals surface area contributed by atoms with E-state index in [-0.39, 0.29) is 0 Å². The van der Waals surface area contributed by atoms with Crippen LogP contribution in [0.25, 0.3) is 60.9 Å². The van der Waals surface area contributed by atoms with Gasteiger partial charge in [-0.15, -0.1) is 0 Å². The Kier molecular flexibility index (Phi) is 7.14. The summed E-state index contributed by atoms with van der Waals surface area (Å²) in [6, 6.07) is 75.9. The lowest BCUT2D eigenvalue weighted by molar-refractivity contribution is 0.400. The Balaban J connectivity index is 1.29. The first-order valence-corrected chi connectivity index (χ1v) is 19.9. The number of para-hydroxylation sites is 5. The molecule has 0 fully saturated rings. The van der Waals surface area contributed by atoms with E-state index < -0.39 is 5.41 Å². The molecule has 3 heterocycles. The number of rotatable bonds is 4. The lowest BCUT2D eigenvalue weighted by Gasteiger charge is -2.47. The van der Waals surface area contributed by atoms with Crippen molar-refractivity contribution in [2.75, 3.05) is 0 Å². The zero-order valence-corrected chi connectivity index (χ0v) is 31.5. The van der Waals surface area contributed by atoms with Crippen molar-refractivity contribution in [1.29, 1.82) is 0 Å². The summed E-state index contributed by atoms with van der Waals surface area (Å²) >= 11 is 0. The van der Waals surface area contributed by atoms with Crippen LogP contribution in [0.3, 0.4) is 0 Å². The minimum Gasteiger partial charge on any atom is -0.457 e. The van der Waals surface area contributed by atoms with Crippen LogP contribution in [0.1, 0.15) is 22.3 Å². The fourth-order valence-corrected chi connectivity index (χ4v) is 9.89. The second-order valence-electron chi connectivity index (χ2n) is 15.1. The number of fused-ring (bicyclic) bond motifs is 11. The van der Waals surface area contributed by atoms with Gasteiger partial charge in [0.15, 0.2) is 0 Å². The summed E-state index contributed by atoms with van der Waals surface area (Å²) in [5.41, 5.74) is 13.7. The van der Waals surface area contributed by atoms with Crippen LogP contribution in [0.4, 0.5) is 0 Å². The zero-order valence-electron chi connectivity index (χ0n) is 31.5. The lowest BCUT2D eigenvalue weighted by atomic mass is 9.59. The van der Waals surface area contributed by atoms with Crippen molar-refractivity contribution in [1.82, 2.24) is 4.57 Å². The molecule has 12 rings (SSSR count). The third-order valence-corrected chi connectivity index (χ3v) is 12.1. The average Bonchev–Trinajstić information content (AvgIpc) is 3.64. The molecule has 0 saturated heterocycles. The largest absolute Gasteiger partial charge is 0.457 e. The van der Waals surface area contributed by atoms with Gasteiger partial charge in [0.1, 0.15) is 23.0 Å². The van der Waals surface area contributed by atoms with Crippen molar-refractivity contribution in [3.8, 4) is 62.1 Å². The van der Waals surface area contributed by atoms with Gasteiger partial charge in [0.2, 0.25) is 0 Å². The zero-order chi connectivity index (χ0) is 38.2. The molecule has 0 saturated carbocycles. The summed E-state index contributed by atoms with van der Waals surface area (Å²) in [7, 11) is 0. The van der Waals surface area contributed by atoms with Gasteiger partial charge in [0.05, 0.1) is 16.4 Å². The van der Waals surface area contributed by atoms with Gasteiger partial charge < -0.3 is 14.0 Å². The van der Waals surface area contributed by atoms with E-state index in [1.165, 1.54) is 10.8 Å². The van der Waals surface area contributed by atoms with Crippen LogP contribution in [0.15, 0.2) is 212 Å². The third kappa shape index (κ3) is 4.56. The van der Waals surface area contributed by atoms with Gasteiger partial charge in [-0.1, -0.05) is 170 Å². The number of nitrogens with zero attached hydrogens (tertiary/aromatic N) is 1. The number of hydrogen-bond acceptors (Lipinski definition) is 2. The van der Waals surface area contributed by atoms with Crippen LogP contribution in [-0.4, -0.2) is 4.57 Å². The molecule has 3 heteroatoms. The maximum absolute atomic E-state index is 7.29. The number of aromatic nitrogens is 1. The van der Waals surface area contributed by atoms with Crippen LogP contribution in [0.2, 0.25) is 0 Å². The average molecular weight is 742 g/mol. The highest BCUT2D eigenvalue weighted by Crippen LogP contribution is 2.66. The number of ether oxygens (including phenoxy) is 2. The van der Waals surface area contributed by atoms with E-state index in [0.29, 0.717) is 0 Å². The maximum atomic E-state index is 7.29. The van der Waals surface area contributed by atoms with E-state index in [2.05, 4.69) is 217 Å². The van der Waals surface area contributed by atoms with Crippen molar-refractivity contribution >= 4 is 21.8 Å². The fraction of sp³-hybridized carbons (Fsp3) is 0.0182. The Bertz CT molecular complexity index is 3170. The highest BCUT2D eigenvalue weighted by molar-refractivity contribution is 6.14. The van der Waals surface area contributed by atoms with Crippen LogP contribution in [0, 0.1) is 0 Å². The maximum Gasteiger partial charge on any atom is 0.132 e. The summed E-state index contributed by atoms with van der Waals surface area (Å²) in [5.74, 6) is 3.31. The molecule has 1 spiro atoms. The van der Waals surface area contributed by atoms with Crippen LogP contribution in [0.5, 0.6) is 23.0 Å². The summed E-state index contributed by atoms with van der Waals surface area (Å²) < 4.78 is 16.6. The van der Waals surface area contributed by atoms with Crippen molar-refractivity contribution in [3.05, 3.63) is 235 Å². The first-order chi connectivity index (χ1) is 28.8. The topological polar surface area (TPSA) is 23.4 Å². The summed E-state index contributed by atoms with van der Waals surface area (Å²) in [4.78, 5) is 0. The first-order valence-electron chi connectivity index (χ1n) is 19.9. The predicted molar refractivity (Wildman–Crippen MR) is 236 cm³/mol. The number of hydrogen-bond donors (Lipinski definition) is 0. The molecule has 0 amide bonds. The summed E-state index contributed by atoms with van der Waals surface area (Å²) in [5, 5.41) is 2.41. The molecule has 0 atom stereocenters. The highest BCUT2D eigenvalue weighted by Gasteiger charge is 2.53. The quantitative estimate of drug-likeness (QED) is 0.179. The highest BCUT2D eigenvalue weighted by atomic mass is 16.5. The molecular formula is C55H35NO2. The summed E-state index contributed by atoms with van der Waals surface area (Å²) in [6.45, 7) is 0. The SMILES string of the molecule is c1ccc(-c2ccc3c(c2-c2ccccc2)C2(c4ccccc4Oc4ccccc42)c2c(cccc2-c2cccc4c5ccccc5n(-c5ccccc5)c24)O3)cc1. The number of benzene rings is 9. The van der Waals surface area contributed by atoms with Gasteiger partial charge in [-0.05, 0) is 70.3 Å². The molecule has 0 radical (unpaired) electrons. The van der Waals surface area contributed by atoms with Crippen molar-refractivity contribution in [2.24, 2.45) is 0 Å². The van der Waals surface area contributed by atoms with Crippen molar-refractivity contribution in [3.63, 3.8) is 0 Å². The molecule has 1 aromatic heterocycles. The van der Waals surface area contributed by atoms with Gasteiger partial charge in [-0.2, -0.15) is 0 Å². The van der Waals surface area contributed by atoms with E-state index >= 15 is 0 Å². The monoisotopic (exact) mass is 741 g/mol. The van der Waals surface area contributed by atoms with Gasteiger partial charge in [0.25, 0.3) is 0 Å². The predicted octanol–water partition coefficient (Wildman–Crippen LogP) is 14.4. The molecule has 0 bridgehead atoms. The Morgan fingerprint density at radius 2 is 0.879 bits per heavy atom. The molecular weight excluding hydrogens is 707 g/mol. The second-order valence-corrected chi connectivity index (χ2v) is 15.1. The van der Waals surface area contributed by atoms with Crippen LogP contribution in [-0.2, 0) is 5.41 Å². The summed E-state index contributed by atoms with van der Waals surface area (Å²) in [6.07, 6.45) is 0. The molecule has 0 unspecified atom stereocenters. The molecule has 272 valence electrons. The van der Waals surface area contributed by atoms with Gasteiger partial charge in [-0.3, -0.25) is 0 Å². The molecule has 2 aliphatic rings. The van der Waals surface area contributed by atoms with Gasteiger partial charge >= 0.3 is 0 Å². The third-order valence-electron chi connectivity index (χ3n) is 12.1. The minimum absolute atomic E-state index is 0.822. The molecule has 10 aromatic rings. The Morgan fingerprint density at radius 1 is 0.345 bits per heavy atom. The normalized spacial score (nSPS) is 13.2. The van der Waals surface area contributed by atoms with Crippen LogP contribution < -0.4 is 9.47 Å². The Labute approximate surface area is 336 Å². The van der Waals surface area contributed by atoms with Crippen molar-refractivity contribution < 1.29 is 9.47 Å². The minimum atomic E-state index is -0.868. The lowest BCUT2D eigenvalue weighted by Crippen LogP contribution is -2.38. The molecule has 9 aromatic carbocycles. The van der Waals surface area contributed by atoms with Gasteiger partial charge in [0, 0.05) is 44.3 Å². The second kappa shape index (κ2) is 12.7. The Hall–Kier alpha value is -7.62. The Morgan fingerprint density at radius 3 is 1.62 bits per heavy atom. The standard InChI is InChI=1S/C55H35NO2/c1-4-18-36(19-5-1)39-34-35-50-53(51(39)37-20-6-2-7-21-37)55(44-28-11-14-31-47(44)57-48-32-15-12-29-45(48)55)52-41(25-17-33-49(52)58-50)43-27-16-26-42-40-24-10-13-30-46(40)56(54(42)43)38-22-8-3-9-23-38/h1-35H.